The van der Waals surface area contributed by atoms with Gasteiger partial charge in [-0.1, -0.05) is 18.9 Å². The maximum Gasteiger partial charge on any atom is 0.268 e. The fourth-order valence-corrected chi connectivity index (χ4v) is 4.42. The average Bonchev–Trinajstić information content (AvgIpc) is 3.34. The summed E-state index contributed by atoms with van der Waals surface area (Å²) in [7, 11) is 1.57. The lowest BCUT2D eigenvalue weighted by atomic mass is 9.95. The summed E-state index contributed by atoms with van der Waals surface area (Å²) in [6.07, 6.45) is 2.83. The normalized spacial score (nSPS) is 20.7. The number of hydrogen-bond donors (Lipinski definition) is 5. The van der Waals surface area contributed by atoms with Crippen LogP contribution in [-0.4, -0.2) is 59.7 Å². The Bertz CT molecular complexity index is 1030. The third-order valence-electron chi connectivity index (χ3n) is 6.59. The van der Waals surface area contributed by atoms with Gasteiger partial charge in [-0.25, -0.2) is 0 Å². The molecule has 0 radical (unpaired) electrons. The van der Waals surface area contributed by atoms with Gasteiger partial charge in [0, 0.05) is 23.4 Å². The zero-order valence-corrected chi connectivity index (χ0v) is 19.0. The molecule has 33 heavy (non-hydrogen) atoms. The molecule has 1 aromatic heterocycles. The molecule has 1 aliphatic heterocycles. The number of fused-ring (bicyclic) bond motifs is 1. The van der Waals surface area contributed by atoms with E-state index in [1.165, 1.54) is 0 Å². The van der Waals surface area contributed by atoms with Crippen LogP contribution < -0.4 is 20.7 Å². The number of aromatic amines is 1. The van der Waals surface area contributed by atoms with Crippen molar-refractivity contribution in [1.29, 1.82) is 0 Å². The number of hydrogen-bond acceptors (Lipinski definition) is 5. The van der Waals surface area contributed by atoms with Gasteiger partial charge in [-0.05, 0) is 50.3 Å². The lowest BCUT2D eigenvalue weighted by Crippen LogP contribution is -2.53. The number of aromatic nitrogens is 1. The molecule has 1 aromatic carbocycles. The molecule has 2 fully saturated rings. The monoisotopic (exact) mass is 456 g/mol. The number of carbonyl (C=O) groups is 3. The second-order valence-electron chi connectivity index (χ2n) is 9.18. The van der Waals surface area contributed by atoms with E-state index in [9.17, 15) is 19.5 Å². The van der Waals surface area contributed by atoms with Gasteiger partial charge in [0.1, 0.15) is 17.5 Å². The summed E-state index contributed by atoms with van der Waals surface area (Å²) in [4.78, 5) is 41.2. The summed E-state index contributed by atoms with van der Waals surface area (Å²) in [6, 6.07) is 5.94. The third kappa shape index (κ3) is 5.47. The third-order valence-corrected chi connectivity index (χ3v) is 6.59. The van der Waals surface area contributed by atoms with Crippen LogP contribution in [0, 0.1) is 11.8 Å². The van der Waals surface area contributed by atoms with Gasteiger partial charge in [0.25, 0.3) is 5.91 Å². The summed E-state index contributed by atoms with van der Waals surface area (Å²) in [5, 5.41) is 19.5. The topological polar surface area (TPSA) is 133 Å². The maximum absolute atomic E-state index is 13.1. The van der Waals surface area contributed by atoms with Crippen molar-refractivity contribution in [2.24, 2.45) is 11.8 Å². The molecule has 1 saturated heterocycles. The minimum Gasteiger partial charge on any atom is -0.496 e. The van der Waals surface area contributed by atoms with Crippen molar-refractivity contribution in [2.75, 3.05) is 13.7 Å². The van der Waals surface area contributed by atoms with Crippen LogP contribution in [0.25, 0.3) is 10.9 Å². The highest BCUT2D eigenvalue weighted by Crippen LogP contribution is 2.34. The summed E-state index contributed by atoms with van der Waals surface area (Å²) in [5.41, 5.74) is 1.12. The predicted octanol–water partition coefficient (Wildman–Crippen LogP) is 1.47. The van der Waals surface area contributed by atoms with E-state index in [4.69, 9.17) is 4.74 Å². The smallest absolute Gasteiger partial charge is 0.268 e. The van der Waals surface area contributed by atoms with E-state index in [0.717, 1.165) is 23.7 Å². The number of aliphatic hydroxyl groups is 1. The second-order valence-corrected chi connectivity index (χ2v) is 9.18. The highest BCUT2D eigenvalue weighted by Gasteiger charge is 2.34. The van der Waals surface area contributed by atoms with Gasteiger partial charge in [0.15, 0.2) is 0 Å². The molecule has 4 atom stereocenters. The van der Waals surface area contributed by atoms with Crippen LogP contribution in [0.3, 0.4) is 0 Å². The molecule has 2 heterocycles. The lowest BCUT2D eigenvalue weighted by Gasteiger charge is -2.26. The van der Waals surface area contributed by atoms with Crippen LogP contribution in [-0.2, 0) is 9.59 Å². The summed E-state index contributed by atoms with van der Waals surface area (Å²) < 4.78 is 5.36. The molecule has 178 valence electrons. The quantitative estimate of drug-likeness (QED) is 0.369. The zero-order chi connectivity index (χ0) is 23.5. The van der Waals surface area contributed by atoms with Crippen LogP contribution in [0.5, 0.6) is 5.75 Å². The number of amides is 3. The molecule has 0 bridgehead atoms. The van der Waals surface area contributed by atoms with Crippen molar-refractivity contribution >= 4 is 28.6 Å². The van der Waals surface area contributed by atoms with Crippen LogP contribution in [0.1, 0.15) is 49.5 Å². The molecule has 9 nitrogen and oxygen atoms in total. The Hall–Kier alpha value is -3.07. The van der Waals surface area contributed by atoms with Gasteiger partial charge >= 0.3 is 0 Å². The molecule has 1 saturated carbocycles. The molecule has 1 unspecified atom stereocenters. The number of rotatable bonds is 10. The largest absolute Gasteiger partial charge is 0.496 e. The first-order valence-corrected chi connectivity index (χ1v) is 11.6. The van der Waals surface area contributed by atoms with Crippen LogP contribution >= 0.6 is 0 Å². The second kappa shape index (κ2) is 9.82. The number of nitrogens with one attached hydrogen (secondary N) is 4. The van der Waals surface area contributed by atoms with Crippen LogP contribution in [0.4, 0.5) is 0 Å². The fourth-order valence-electron chi connectivity index (χ4n) is 4.42. The van der Waals surface area contributed by atoms with E-state index in [2.05, 4.69) is 20.9 Å². The van der Waals surface area contributed by atoms with Crippen molar-refractivity contribution in [2.45, 2.75) is 57.2 Å². The molecule has 9 heteroatoms. The predicted molar refractivity (Wildman–Crippen MR) is 123 cm³/mol. The molecule has 1 aliphatic carbocycles. The average molecular weight is 457 g/mol. The maximum atomic E-state index is 13.1. The highest BCUT2D eigenvalue weighted by molar-refractivity contribution is 6.01. The van der Waals surface area contributed by atoms with E-state index < -0.39 is 18.2 Å². The molecule has 3 amide bonds. The molecule has 0 spiro atoms. The number of methoxy groups -OCH3 is 1. The van der Waals surface area contributed by atoms with Crippen molar-refractivity contribution in [3.05, 3.63) is 30.0 Å². The van der Waals surface area contributed by atoms with Gasteiger partial charge in [0.2, 0.25) is 11.8 Å². The van der Waals surface area contributed by atoms with E-state index >= 15 is 0 Å². The number of ether oxygens (including phenoxy) is 1. The molecule has 5 N–H and O–H groups in total. The fraction of sp³-hybridized carbons (Fsp3) is 0.542. The van der Waals surface area contributed by atoms with Gasteiger partial charge in [-0.2, -0.15) is 0 Å². The molecule has 2 aromatic rings. The van der Waals surface area contributed by atoms with Crippen molar-refractivity contribution in [3.63, 3.8) is 0 Å². The summed E-state index contributed by atoms with van der Waals surface area (Å²) in [6.45, 7) is 2.21. The molecule has 2 aliphatic rings. The van der Waals surface area contributed by atoms with Crippen molar-refractivity contribution < 1.29 is 24.2 Å². The highest BCUT2D eigenvalue weighted by atomic mass is 16.5. The SMILES string of the molecule is COc1cccc2[nH]c(C(=O)N[C@@H](CC3CC3)C(=O)N[C@@H](C[C@@H]3CCNC3=O)C(C)O)cc12. The zero-order valence-electron chi connectivity index (χ0n) is 19.0. The van der Waals surface area contributed by atoms with Gasteiger partial charge in [-0.3, -0.25) is 14.4 Å². The van der Waals surface area contributed by atoms with Gasteiger partial charge < -0.3 is 30.8 Å². The summed E-state index contributed by atoms with van der Waals surface area (Å²) >= 11 is 0. The lowest BCUT2D eigenvalue weighted by molar-refractivity contribution is -0.126. The van der Waals surface area contributed by atoms with E-state index in [1.807, 2.05) is 18.2 Å². The minimum absolute atomic E-state index is 0.0491. The molecule has 4 rings (SSSR count). The Labute approximate surface area is 192 Å². The van der Waals surface area contributed by atoms with E-state index in [0.29, 0.717) is 43.2 Å². The number of benzene rings is 1. The van der Waals surface area contributed by atoms with Crippen molar-refractivity contribution in [1.82, 2.24) is 20.9 Å². The first kappa shape index (κ1) is 23.1. The molecular weight excluding hydrogens is 424 g/mol. The Balaban J connectivity index is 1.46. The minimum atomic E-state index is -0.819. The standard InChI is InChI=1S/C24H32N4O5/c1-13(29)18(11-15-8-9-25-22(15)30)27-23(31)19(10-14-6-7-14)28-24(32)20-12-16-17(26-20)4-3-5-21(16)33-2/h3-5,12-15,18-19,26,29H,6-11H2,1-2H3,(H,25,30)(H,27,31)(H,28,32)/t13?,15-,18-,19-/m0/s1. The molecular formula is C24H32N4O5. The van der Waals surface area contributed by atoms with Crippen LogP contribution in [0.2, 0.25) is 0 Å². The Kier molecular flexibility index (Phi) is 6.88. The first-order valence-electron chi connectivity index (χ1n) is 11.6. The summed E-state index contributed by atoms with van der Waals surface area (Å²) in [5.74, 6) is 0.0565. The Morgan fingerprint density at radius 2 is 2.00 bits per heavy atom. The van der Waals surface area contributed by atoms with E-state index in [-0.39, 0.29) is 23.6 Å². The Morgan fingerprint density at radius 3 is 2.64 bits per heavy atom. The van der Waals surface area contributed by atoms with E-state index in [1.54, 1.807) is 20.1 Å². The number of H-pyrrole nitrogens is 1. The van der Waals surface area contributed by atoms with Gasteiger partial charge in [0.05, 0.1) is 19.3 Å². The Morgan fingerprint density at radius 1 is 1.21 bits per heavy atom. The first-order chi connectivity index (χ1) is 15.9. The number of aliphatic hydroxyl groups excluding tert-OH is 1. The van der Waals surface area contributed by atoms with Gasteiger partial charge in [-0.15, -0.1) is 0 Å². The number of carbonyl (C=O) groups excluding carboxylic acids is 3. The van der Waals surface area contributed by atoms with Crippen molar-refractivity contribution in [3.8, 4) is 5.75 Å². The van der Waals surface area contributed by atoms with Crippen LogP contribution in [0.15, 0.2) is 24.3 Å².